The van der Waals surface area contributed by atoms with Gasteiger partial charge < -0.3 is 19.9 Å². The standard InChI is InChI=1S/C21H31N7O.HI/c1-22-20(26(2)17-18-5-7-19(29-3)8-6-18)25-11-12-27-13-15-28(16-14-27)21-23-9-4-10-24-21;/h4-10H,11-17H2,1-3H3,(H,22,25);1H. The lowest BCUT2D eigenvalue weighted by atomic mass is 10.2. The maximum Gasteiger partial charge on any atom is 0.225 e. The molecule has 0 spiro atoms. The number of aliphatic imine (C=N–C) groups is 1. The van der Waals surface area contributed by atoms with Crippen molar-refractivity contribution in [2.75, 3.05) is 65.4 Å². The minimum Gasteiger partial charge on any atom is -0.497 e. The molecule has 2 aromatic rings. The quantitative estimate of drug-likeness (QED) is 0.337. The van der Waals surface area contributed by atoms with Crippen molar-refractivity contribution in [2.24, 2.45) is 4.99 Å². The zero-order chi connectivity index (χ0) is 20.5. The maximum absolute atomic E-state index is 5.22. The highest BCUT2D eigenvalue weighted by molar-refractivity contribution is 14.0. The Morgan fingerprint density at radius 1 is 1.13 bits per heavy atom. The Morgan fingerprint density at radius 3 is 2.40 bits per heavy atom. The largest absolute Gasteiger partial charge is 0.497 e. The van der Waals surface area contributed by atoms with E-state index < -0.39 is 0 Å². The third-order valence-corrected chi connectivity index (χ3v) is 5.07. The third kappa shape index (κ3) is 6.98. The van der Waals surface area contributed by atoms with Gasteiger partial charge in [-0.2, -0.15) is 0 Å². The topological polar surface area (TPSA) is 69.1 Å². The van der Waals surface area contributed by atoms with Gasteiger partial charge in [-0.15, -0.1) is 24.0 Å². The molecule has 1 fully saturated rings. The summed E-state index contributed by atoms with van der Waals surface area (Å²) in [5, 5.41) is 3.47. The van der Waals surface area contributed by atoms with E-state index in [0.717, 1.165) is 63.5 Å². The smallest absolute Gasteiger partial charge is 0.225 e. The van der Waals surface area contributed by atoms with E-state index in [9.17, 15) is 0 Å². The molecule has 0 saturated carbocycles. The first kappa shape index (κ1) is 24.1. The van der Waals surface area contributed by atoms with Gasteiger partial charge in [0.05, 0.1) is 7.11 Å². The van der Waals surface area contributed by atoms with E-state index in [-0.39, 0.29) is 24.0 Å². The van der Waals surface area contributed by atoms with Gasteiger partial charge in [-0.05, 0) is 23.8 Å². The summed E-state index contributed by atoms with van der Waals surface area (Å²) in [7, 11) is 5.56. The molecule has 0 aliphatic carbocycles. The molecule has 1 aromatic heterocycles. The van der Waals surface area contributed by atoms with Crippen LogP contribution in [0.1, 0.15) is 5.56 Å². The number of ether oxygens (including phenoxy) is 1. The molecule has 8 nitrogen and oxygen atoms in total. The van der Waals surface area contributed by atoms with Crippen molar-refractivity contribution >= 4 is 35.9 Å². The van der Waals surface area contributed by atoms with Crippen LogP contribution in [-0.2, 0) is 6.54 Å². The van der Waals surface area contributed by atoms with Crippen molar-refractivity contribution < 1.29 is 4.74 Å². The molecular formula is C21H32IN7O. The monoisotopic (exact) mass is 525 g/mol. The molecule has 0 atom stereocenters. The van der Waals surface area contributed by atoms with Crippen LogP contribution in [0, 0.1) is 0 Å². The third-order valence-electron chi connectivity index (χ3n) is 5.07. The second-order valence-corrected chi connectivity index (χ2v) is 7.06. The highest BCUT2D eigenvalue weighted by atomic mass is 127. The fourth-order valence-electron chi connectivity index (χ4n) is 3.42. The minimum absolute atomic E-state index is 0. The zero-order valence-corrected chi connectivity index (χ0v) is 20.3. The highest BCUT2D eigenvalue weighted by Crippen LogP contribution is 2.12. The first-order valence-corrected chi connectivity index (χ1v) is 9.98. The van der Waals surface area contributed by atoms with Gasteiger partial charge in [-0.1, -0.05) is 12.1 Å². The average Bonchev–Trinajstić information content (AvgIpc) is 2.78. The fourth-order valence-corrected chi connectivity index (χ4v) is 3.42. The number of halogens is 1. The Balaban J connectivity index is 0.00000320. The van der Waals surface area contributed by atoms with E-state index in [1.165, 1.54) is 5.56 Å². The Hall–Kier alpha value is -2.14. The summed E-state index contributed by atoms with van der Waals surface area (Å²) < 4.78 is 5.22. The highest BCUT2D eigenvalue weighted by Gasteiger charge is 2.18. The van der Waals surface area contributed by atoms with Crippen LogP contribution in [0.5, 0.6) is 5.75 Å². The summed E-state index contributed by atoms with van der Waals surface area (Å²) in [6, 6.07) is 9.99. The van der Waals surface area contributed by atoms with Crippen molar-refractivity contribution in [1.82, 2.24) is 25.1 Å². The van der Waals surface area contributed by atoms with Crippen LogP contribution in [0.4, 0.5) is 5.95 Å². The van der Waals surface area contributed by atoms with Crippen LogP contribution in [-0.4, -0.2) is 86.2 Å². The lowest BCUT2D eigenvalue weighted by Gasteiger charge is -2.34. The number of anilines is 1. The van der Waals surface area contributed by atoms with Crippen molar-refractivity contribution in [2.45, 2.75) is 6.54 Å². The van der Waals surface area contributed by atoms with Crippen LogP contribution in [0.25, 0.3) is 0 Å². The molecular weight excluding hydrogens is 493 g/mol. The molecule has 164 valence electrons. The molecule has 1 aliphatic rings. The van der Waals surface area contributed by atoms with Gasteiger partial charge in [-0.3, -0.25) is 9.89 Å². The number of nitrogens with one attached hydrogen (secondary N) is 1. The first-order chi connectivity index (χ1) is 14.2. The lowest BCUT2D eigenvalue weighted by molar-refractivity contribution is 0.259. The van der Waals surface area contributed by atoms with Crippen molar-refractivity contribution in [3.63, 3.8) is 0 Å². The number of piperazine rings is 1. The number of guanidine groups is 1. The van der Waals surface area contributed by atoms with E-state index in [4.69, 9.17) is 4.74 Å². The Labute approximate surface area is 196 Å². The number of rotatable bonds is 7. The summed E-state index contributed by atoms with van der Waals surface area (Å²) in [4.78, 5) is 19.9. The summed E-state index contributed by atoms with van der Waals surface area (Å²) in [6.07, 6.45) is 3.60. The van der Waals surface area contributed by atoms with Gasteiger partial charge in [0.2, 0.25) is 5.95 Å². The number of benzene rings is 1. The predicted octanol–water partition coefficient (Wildman–Crippen LogP) is 1.93. The van der Waals surface area contributed by atoms with Crippen LogP contribution in [0.15, 0.2) is 47.7 Å². The Kier molecular flexibility index (Phi) is 10.1. The fraction of sp³-hybridized carbons (Fsp3) is 0.476. The summed E-state index contributed by atoms with van der Waals surface area (Å²) >= 11 is 0. The Morgan fingerprint density at radius 2 is 1.80 bits per heavy atom. The van der Waals surface area contributed by atoms with E-state index >= 15 is 0 Å². The lowest BCUT2D eigenvalue weighted by Crippen LogP contribution is -2.49. The number of aromatic nitrogens is 2. The summed E-state index contributed by atoms with van der Waals surface area (Å²) in [5.41, 5.74) is 1.22. The molecule has 1 aliphatic heterocycles. The van der Waals surface area contributed by atoms with Gasteiger partial charge in [0.25, 0.3) is 0 Å². The van der Waals surface area contributed by atoms with Gasteiger partial charge in [0.1, 0.15) is 5.75 Å². The van der Waals surface area contributed by atoms with E-state index in [2.05, 4.69) is 54.2 Å². The molecule has 0 bridgehead atoms. The van der Waals surface area contributed by atoms with Crippen molar-refractivity contribution in [3.8, 4) is 5.75 Å². The molecule has 9 heteroatoms. The molecule has 1 N–H and O–H groups in total. The molecule has 0 amide bonds. The molecule has 30 heavy (non-hydrogen) atoms. The molecule has 2 heterocycles. The van der Waals surface area contributed by atoms with E-state index in [0.29, 0.717) is 0 Å². The predicted molar refractivity (Wildman–Crippen MR) is 132 cm³/mol. The second kappa shape index (κ2) is 12.5. The normalized spacial score (nSPS) is 14.8. The molecule has 0 radical (unpaired) electrons. The summed E-state index contributed by atoms with van der Waals surface area (Å²) in [6.45, 7) is 6.58. The minimum atomic E-state index is 0. The van der Waals surface area contributed by atoms with Gasteiger partial charge in [-0.25, -0.2) is 9.97 Å². The van der Waals surface area contributed by atoms with Gasteiger partial charge in [0.15, 0.2) is 5.96 Å². The molecule has 0 unspecified atom stereocenters. The number of nitrogens with zero attached hydrogens (tertiary/aromatic N) is 6. The van der Waals surface area contributed by atoms with E-state index in [1.54, 1.807) is 19.5 Å². The molecule has 3 rings (SSSR count). The van der Waals surface area contributed by atoms with Gasteiger partial charge in [0, 0.05) is 72.3 Å². The SMILES string of the molecule is CN=C(NCCN1CCN(c2ncccn2)CC1)N(C)Cc1ccc(OC)cc1.I. The first-order valence-electron chi connectivity index (χ1n) is 9.98. The van der Waals surface area contributed by atoms with E-state index in [1.807, 2.05) is 25.2 Å². The Bertz CT molecular complexity index is 765. The number of methoxy groups -OCH3 is 1. The average molecular weight is 525 g/mol. The summed E-state index contributed by atoms with van der Waals surface area (Å²) in [5.74, 6) is 2.60. The number of hydrogen-bond acceptors (Lipinski definition) is 6. The van der Waals surface area contributed by atoms with Crippen molar-refractivity contribution in [1.29, 1.82) is 0 Å². The molecule has 1 aromatic carbocycles. The van der Waals surface area contributed by atoms with Crippen LogP contribution in [0.2, 0.25) is 0 Å². The maximum atomic E-state index is 5.22. The zero-order valence-electron chi connectivity index (χ0n) is 18.0. The van der Waals surface area contributed by atoms with Crippen LogP contribution in [0.3, 0.4) is 0 Å². The second-order valence-electron chi connectivity index (χ2n) is 7.06. The van der Waals surface area contributed by atoms with Crippen LogP contribution < -0.4 is 15.0 Å². The van der Waals surface area contributed by atoms with Gasteiger partial charge >= 0.3 is 0 Å². The van der Waals surface area contributed by atoms with Crippen molar-refractivity contribution in [3.05, 3.63) is 48.3 Å². The van der Waals surface area contributed by atoms with Crippen LogP contribution >= 0.6 is 24.0 Å². The number of hydrogen-bond donors (Lipinski definition) is 1. The molecule has 1 saturated heterocycles.